The fraction of sp³-hybridized carbons (Fsp3) is 0.167. The van der Waals surface area contributed by atoms with Gasteiger partial charge in [0, 0.05) is 6.42 Å². The van der Waals surface area contributed by atoms with Crippen LogP contribution in [0.2, 0.25) is 0 Å². The van der Waals surface area contributed by atoms with E-state index >= 15 is 0 Å². The molecule has 0 aliphatic rings. The van der Waals surface area contributed by atoms with E-state index in [2.05, 4.69) is 15.5 Å². The highest BCUT2D eigenvalue weighted by atomic mass is 32.2. The summed E-state index contributed by atoms with van der Waals surface area (Å²) >= 11 is 1.07. The van der Waals surface area contributed by atoms with Crippen molar-refractivity contribution in [2.75, 3.05) is 5.32 Å². The fourth-order valence-electron chi connectivity index (χ4n) is 2.32. The highest BCUT2D eigenvalue weighted by Gasteiger charge is 2.18. The number of aromatic nitrogens is 2. The number of rotatable bonds is 7. The Balaban J connectivity index is 1.57. The van der Waals surface area contributed by atoms with Gasteiger partial charge in [0.1, 0.15) is 10.8 Å². The van der Waals surface area contributed by atoms with Crippen LogP contribution in [0.15, 0.2) is 65.6 Å². The van der Waals surface area contributed by atoms with Crippen LogP contribution in [-0.2, 0) is 26.8 Å². The van der Waals surface area contributed by atoms with Crippen LogP contribution in [0.3, 0.4) is 0 Å². The molecule has 0 saturated heterocycles. The molecule has 0 fully saturated rings. The smallest absolute Gasteiger partial charge is 0.226 e. The maximum Gasteiger partial charge on any atom is 0.226 e. The molecule has 2 aromatic carbocycles. The predicted octanol–water partition coefficient (Wildman–Crippen LogP) is 3.08. The Morgan fingerprint density at radius 1 is 0.962 bits per heavy atom. The average molecular weight is 387 g/mol. The number of hydrogen-bond donors (Lipinski definition) is 1. The lowest BCUT2D eigenvalue weighted by Gasteiger charge is -2.02. The Labute approximate surface area is 155 Å². The monoisotopic (exact) mass is 387 g/mol. The summed E-state index contributed by atoms with van der Waals surface area (Å²) in [6.45, 7) is 0. The van der Waals surface area contributed by atoms with Crippen LogP contribution in [0.25, 0.3) is 0 Å². The van der Waals surface area contributed by atoms with Crippen molar-refractivity contribution in [1.29, 1.82) is 0 Å². The van der Waals surface area contributed by atoms with Gasteiger partial charge in [0.15, 0.2) is 9.84 Å². The number of sulfone groups is 1. The minimum absolute atomic E-state index is 0.178. The topological polar surface area (TPSA) is 89.0 Å². The van der Waals surface area contributed by atoms with Crippen molar-refractivity contribution < 1.29 is 13.2 Å². The molecule has 0 aliphatic heterocycles. The molecule has 0 bridgehead atoms. The van der Waals surface area contributed by atoms with Gasteiger partial charge >= 0.3 is 0 Å². The second-order valence-corrected chi connectivity index (χ2v) is 8.66. The molecule has 3 aromatic rings. The lowest BCUT2D eigenvalue weighted by Crippen LogP contribution is -2.12. The van der Waals surface area contributed by atoms with E-state index in [1.165, 1.54) is 0 Å². The van der Waals surface area contributed by atoms with Crippen LogP contribution in [0, 0.1) is 0 Å². The number of nitrogens with one attached hydrogen (secondary N) is 1. The molecule has 3 rings (SSSR count). The average Bonchev–Trinajstić information content (AvgIpc) is 3.07. The maximum atomic E-state index is 12.3. The first-order chi connectivity index (χ1) is 12.5. The molecule has 1 amide bonds. The quantitative estimate of drug-likeness (QED) is 0.673. The van der Waals surface area contributed by atoms with Gasteiger partial charge in [0.2, 0.25) is 11.0 Å². The Morgan fingerprint density at radius 2 is 1.62 bits per heavy atom. The van der Waals surface area contributed by atoms with Crippen molar-refractivity contribution >= 4 is 32.2 Å². The molecule has 0 unspecified atom stereocenters. The SMILES string of the molecule is O=C(CCc1ccccc1)Nc1nnc(CS(=O)(=O)c2ccccc2)s1. The van der Waals surface area contributed by atoms with Gasteiger partial charge in [-0.15, -0.1) is 10.2 Å². The number of amides is 1. The van der Waals surface area contributed by atoms with Crippen LogP contribution in [-0.4, -0.2) is 24.5 Å². The maximum absolute atomic E-state index is 12.3. The second kappa shape index (κ2) is 8.20. The van der Waals surface area contributed by atoms with E-state index in [1.54, 1.807) is 30.3 Å². The van der Waals surface area contributed by atoms with Gasteiger partial charge in [-0.2, -0.15) is 0 Å². The van der Waals surface area contributed by atoms with Crippen molar-refractivity contribution in [3.63, 3.8) is 0 Å². The number of anilines is 1. The van der Waals surface area contributed by atoms with Gasteiger partial charge in [-0.25, -0.2) is 8.42 Å². The number of nitrogens with zero attached hydrogens (tertiary/aromatic N) is 2. The van der Waals surface area contributed by atoms with E-state index in [-0.39, 0.29) is 16.6 Å². The molecular weight excluding hydrogens is 370 g/mol. The highest BCUT2D eigenvalue weighted by Crippen LogP contribution is 2.21. The molecule has 6 nitrogen and oxygen atoms in total. The summed E-state index contributed by atoms with van der Waals surface area (Å²) in [4.78, 5) is 12.3. The number of benzene rings is 2. The zero-order chi connectivity index (χ0) is 18.4. The van der Waals surface area contributed by atoms with Gasteiger partial charge in [0.05, 0.1) is 4.90 Å². The summed E-state index contributed by atoms with van der Waals surface area (Å²) < 4.78 is 24.7. The van der Waals surface area contributed by atoms with Gasteiger partial charge in [0.25, 0.3) is 0 Å². The molecule has 0 radical (unpaired) electrons. The van der Waals surface area contributed by atoms with E-state index in [0.717, 1.165) is 16.9 Å². The fourth-order valence-corrected chi connectivity index (χ4v) is 4.69. The van der Waals surface area contributed by atoms with Crippen molar-refractivity contribution in [2.24, 2.45) is 0 Å². The first-order valence-corrected chi connectivity index (χ1v) is 10.4. The molecule has 0 spiro atoms. The standard InChI is InChI=1S/C18H17N3O3S2/c22-16(12-11-14-7-3-1-4-8-14)19-18-21-20-17(25-18)13-26(23,24)15-9-5-2-6-10-15/h1-10H,11-13H2,(H,19,21,22). The van der Waals surface area contributed by atoms with Crippen LogP contribution in [0.4, 0.5) is 5.13 Å². The summed E-state index contributed by atoms with van der Waals surface area (Å²) in [6.07, 6.45) is 0.946. The van der Waals surface area contributed by atoms with Gasteiger partial charge in [-0.1, -0.05) is 59.9 Å². The summed E-state index contributed by atoms with van der Waals surface area (Å²) in [5.41, 5.74) is 1.08. The molecule has 134 valence electrons. The van der Waals surface area contributed by atoms with E-state index in [9.17, 15) is 13.2 Å². The molecule has 1 heterocycles. The molecule has 0 atom stereocenters. The van der Waals surface area contributed by atoms with Crippen molar-refractivity contribution in [2.45, 2.75) is 23.5 Å². The third-order valence-electron chi connectivity index (χ3n) is 3.61. The lowest BCUT2D eigenvalue weighted by molar-refractivity contribution is -0.116. The molecule has 0 aliphatic carbocycles. The second-order valence-electron chi connectivity index (χ2n) is 5.61. The first kappa shape index (κ1) is 18.2. The molecule has 26 heavy (non-hydrogen) atoms. The predicted molar refractivity (Wildman–Crippen MR) is 101 cm³/mol. The molecular formula is C18H17N3O3S2. The minimum atomic E-state index is -3.48. The van der Waals surface area contributed by atoms with Crippen molar-refractivity contribution in [1.82, 2.24) is 10.2 Å². The summed E-state index contributed by atoms with van der Waals surface area (Å²) in [5, 5.41) is 11.1. The van der Waals surface area contributed by atoms with Crippen LogP contribution in [0.5, 0.6) is 0 Å². The molecule has 1 aromatic heterocycles. The normalized spacial score (nSPS) is 11.2. The van der Waals surface area contributed by atoms with Gasteiger partial charge in [-0.05, 0) is 24.1 Å². The van der Waals surface area contributed by atoms with Gasteiger partial charge in [-0.3, -0.25) is 4.79 Å². The van der Waals surface area contributed by atoms with E-state index in [1.807, 2.05) is 30.3 Å². The highest BCUT2D eigenvalue weighted by molar-refractivity contribution is 7.90. The van der Waals surface area contributed by atoms with E-state index < -0.39 is 9.84 Å². The zero-order valence-electron chi connectivity index (χ0n) is 13.8. The number of hydrogen-bond acceptors (Lipinski definition) is 6. The summed E-state index contributed by atoms with van der Waals surface area (Å²) in [6, 6.07) is 17.9. The minimum Gasteiger partial charge on any atom is -0.301 e. The van der Waals surface area contributed by atoms with E-state index in [4.69, 9.17) is 0 Å². The Hall–Kier alpha value is -2.58. The molecule has 1 N–H and O–H groups in total. The van der Waals surface area contributed by atoms with Crippen LogP contribution >= 0.6 is 11.3 Å². The first-order valence-electron chi connectivity index (χ1n) is 7.97. The third-order valence-corrected chi connectivity index (χ3v) is 6.28. The number of carbonyl (C=O) groups excluding carboxylic acids is 1. The van der Waals surface area contributed by atoms with Crippen molar-refractivity contribution in [3.05, 3.63) is 71.2 Å². The Morgan fingerprint density at radius 3 is 2.31 bits per heavy atom. The van der Waals surface area contributed by atoms with E-state index in [0.29, 0.717) is 23.0 Å². The lowest BCUT2D eigenvalue weighted by atomic mass is 10.1. The Bertz CT molecular complexity index is 971. The molecule has 0 saturated carbocycles. The summed E-state index contributed by atoms with van der Waals surface area (Å²) in [5.74, 6) is -0.420. The Kier molecular flexibility index (Phi) is 5.75. The zero-order valence-corrected chi connectivity index (χ0v) is 15.5. The van der Waals surface area contributed by atoms with Crippen LogP contribution < -0.4 is 5.32 Å². The third kappa shape index (κ3) is 4.96. The van der Waals surface area contributed by atoms with Crippen molar-refractivity contribution in [3.8, 4) is 0 Å². The van der Waals surface area contributed by atoms with Crippen LogP contribution in [0.1, 0.15) is 17.0 Å². The summed E-state index contributed by atoms with van der Waals surface area (Å²) in [7, 11) is -3.48. The molecule has 8 heteroatoms. The van der Waals surface area contributed by atoms with Gasteiger partial charge < -0.3 is 5.32 Å². The number of aryl methyl sites for hydroxylation is 1. The number of carbonyl (C=O) groups is 1. The largest absolute Gasteiger partial charge is 0.301 e.